The third kappa shape index (κ3) is 5.25. The number of carboxylic acids is 4. The van der Waals surface area contributed by atoms with E-state index in [2.05, 4.69) is 0 Å². The van der Waals surface area contributed by atoms with Crippen molar-refractivity contribution >= 4 is 23.9 Å². The Morgan fingerprint density at radius 3 is 1.60 bits per heavy atom. The van der Waals surface area contributed by atoms with Crippen LogP contribution in [0.25, 0.3) is 0 Å². The highest BCUT2D eigenvalue weighted by Gasteiger charge is 2.39. The molecule has 1 atom stereocenters. The van der Waals surface area contributed by atoms with Gasteiger partial charge in [-0.2, -0.15) is 0 Å². The Hall–Kier alpha value is -2.12. The summed E-state index contributed by atoms with van der Waals surface area (Å²) in [6.07, 6.45) is 0.783. The maximum absolute atomic E-state index is 11.0. The van der Waals surface area contributed by atoms with Crippen molar-refractivity contribution in [2.45, 2.75) is 32.6 Å². The Kier molecular flexibility index (Phi) is 7.27. The zero-order chi connectivity index (χ0) is 15.9. The molecule has 8 heteroatoms. The molecule has 0 heterocycles. The quantitative estimate of drug-likeness (QED) is 0.430. The Morgan fingerprint density at radius 1 is 0.850 bits per heavy atom. The van der Waals surface area contributed by atoms with Crippen molar-refractivity contribution in [1.82, 2.24) is 0 Å². The van der Waals surface area contributed by atoms with Crippen LogP contribution >= 0.6 is 0 Å². The van der Waals surface area contributed by atoms with E-state index in [4.69, 9.17) is 20.4 Å². The molecule has 0 bridgehead atoms. The van der Waals surface area contributed by atoms with E-state index in [9.17, 15) is 19.2 Å². The molecule has 8 nitrogen and oxygen atoms in total. The molecule has 114 valence electrons. The fourth-order valence-electron chi connectivity index (χ4n) is 2.01. The molecule has 0 aromatic rings. The summed E-state index contributed by atoms with van der Waals surface area (Å²) in [5.41, 5.74) is 0. The van der Waals surface area contributed by atoms with Crippen molar-refractivity contribution in [3.63, 3.8) is 0 Å². The summed E-state index contributed by atoms with van der Waals surface area (Å²) < 4.78 is 0. The summed E-state index contributed by atoms with van der Waals surface area (Å²) >= 11 is 0. The first-order chi connectivity index (χ1) is 9.22. The highest BCUT2D eigenvalue weighted by atomic mass is 16.4. The summed E-state index contributed by atoms with van der Waals surface area (Å²) in [5.74, 6) is -11.0. The Morgan fingerprint density at radius 2 is 1.30 bits per heavy atom. The van der Waals surface area contributed by atoms with E-state index in [0.29, 0.717) is 12.8 Å². The molecule has 0 rings (SSSR count). The molecule has 0 spiro atoms. The van der Waals surface area contributed by atoms with Crippen LogP contribution in [0.5, 0.6) is 0 Å². The lowest BCUT2D eigenvalue weighted by molar-refractivity contribution is -0.162. The van der Waals surface area contributed by atoms with Crippen LogP contribution in [0.4, 0.5) is 0 Å². The zero-order valence-corrected chi connectivity index (χ0v) is 11.0. The van der Waals surface area contributed by atoms with E-state index in [0.717, 1.165) is 0 Å². The maximum Gasteiger partial charge on any atom is 0.318 e. The first-order valence-corrected chi connectivity index (χ1v) is 6.13. The lowest BCUT2D eigenvalue weighted by Crippen LogP contribution is -2.35. The van der Waals surface area contributed by atoms with Gasteiger partial charge in [0, 0.05) is 0 Å². The maximum atomic E-state index is 11.0. The van der Waals surface area contributed by atoms with E-state index in [1.54, 1.807) is 6.92 Å². The van der Waals surface area contributed by atoms with Crippen LogP contribution < -0.4 is 0 Å². The molecule has 0 aromatic heterocycles. The monoisotopic (exact) mass is 290 g/mol. The second-order valence-corrected chi connectivity index (χ2v) is 4.52. The minimum Gasteiger partial charge on any atom is -0.481 e. The van der Waals surface area contributed by atoms with Gasteiger partial charge in [0.05, 0.1) is 0 Å². The van der Waals surface area contributed by atoms with Crippen LogP contribution in [0.15, 0.2) is 0 Å². The Labute approximate surface area is 115 Å². The number of unbranched alkanes of at least 4 members (excludes halogenated alkanes) is 1. The molecule has 0 radical (unpaired) electrons. The third-order valence-electron chi connectivity index (χ3n) is 3.07. The molecule has 0 fully saturated rings. The van der Waals surface area contributed by atoms with Crippen molar-refractivity contribution in [2.75, 3.05) is 0 Å². The van der Waals surface area contributed by atoms with Crippen molar-refractivity contribution < 1.29 is 39.6 Å². The average Bonchev–Trinajstić information content (AvgIpc) is 2.30. The fraction of sp³-hybridized carbons (Fsp3) is 0.667. The molecule has 0 aliphatic rings. The van der Waals surface area contributed by atoms with Crippen LogP contribution in [0.1, 0.15) is 32.6 Å². The molecular formula is C12H18O8. The molecule has 20 heavy (non-hydrogen) atoms. The van der Waals surface area contributed by atoms with E-state index < -0.39 is 48.1 Å². The van der Waals surface area contributed by atoms with Gasteiger partial charge in [-0.3, -0.25) is 19.2 Å². The molecule has 0 aliphatic carbocycles. The molecular weight excluding hydrogens is 272 g/mol. The lowest BCUT2D eigenvalue weighted by atomic mass is 9.81. The van der Waals surface area contributed by atoms with E-state index in [-0.39, 0.29) is 6.42 Å². The van der Waals surface area contributed by atoms with Crippen LogP contribution in [0.2, 0.25) is 0 Å². The van der Waals surface area contributed by atoms with Gasteiger partial charge < -0.3 is 20.4 Å². The van der Waals surface area contributed by atoms with Crippen LogP contribution in [-0.4, -0.2) is 44.3 Å². The second kappa shape index (κ2) is 8.13. The SMILES string of the molecule is CCCCC(CC(C(=O)O)C(=O)O)C(C(=O)O)C(=O)O. The van der Waals surface area contributed by atoms with E-state index in [1.807, 2.05) is 0 Å². The summed E-state index contributed by atoms with van der Waals surface area (Å²) in [4.78, 5) is 43.7. The van der Waals surface area contributed by atoms with Gasteiger partial charge in [0.2, 0.25) is 0 Å². The van der Waals surface area contributed by atoms with Crippen molar-refractivity contribution in [1.29, 1.82) is 0 Å². The Bertz CT molecular complexity index is 361. The molecule has 0 saturated heterocycles. The molecule has 0 amide bonds. The predicted octanol–water partition coefficient (Wildman–Crippen LogP) is 0.754. The molecule has 0 saturated carbocycles. The number of carbonyl (C=O) groups is 4. The summed E-state index contributed by atoms with van der Waals surface area (Å²) in [6, 6.07) is 0. The lowest BCUT2D eigenvalue weighted by Gasteiger charge is -2.22. The van der Waals surface area contributed by atoms with Gasteiger partial charge >= 0.3 is 23.9 Å². The van der Waals surface area contributed by atoms with Gasteiger partial charge in [-0.15, -0.1) is 0 Å². The van der Waals surface area contributed by atoms with Gasteiger partial charge in [0.15, 0.2) is 11.8 Å². The second-order valence-electron chi connectivity index (χ2n) is 4.52. The smallest absolute Gasteiger partial charge is 0.318 e. The van der Waals surface area contributed by atoms with E-state index >= 15 is 0 Å². The van der Waals surface area contributed by atoms with Gasteiger partial charge in [-0.05, 0) is 18.8 Å². The number of aliphatic carboxylic acids is 4. The normalized spacial score (nSPS) is 12.3. The van der Waals surface area contributed by atoms with Crippen molar-refractivity contribution in [2.24, 2.45) is 17.8 Å². The summed E-state index contributed by atoms with van der Waals surface area (Å²) in [6.45, 7) is 1.81. The summed E-state index contributed by atoms with van der Waals surface area (Å²) in [5, 5.41) is 35.5. The number of carboxylic acid groups (broad SMARTS) is 4. The first kappa shape index (κ1) is 17.9. The van der Waals surface area contributed by atoms with Crippen LogP contribution in [0, 0.1) is 17.8 Å². The highest BCUT2D eigenvalue weighted by Crippen LogP contribution is 2.27. The topological polar surface area (TPSA) is 149 Å². The summed E-state index contributed by atoms with van der Waals surface area (Å²) in [7, 11) is 0. The predicted molar refractivity (Wildman–Crippen MR) is 65.2 cm³/mol. The molecule has 1 unspecified atom stereocenters. The minimum absolute atomic E-state index is 0.150. The highest BCUT2D eigenvalue weighted by molar-refractivity contribution is 5.95. The van der Waals surface area contributed by atoms with Gasteiger partial charge in [-0.25, -0.2) is 0 Å². The fourth-order valence-corrected chi connectivity index (χ4v) is 2.01. The standard InChI is InChI=1S/C12H18O8/c1-2-3-4-6(8(11(17)18)12(19)20)5-7(9(13)14)10(15)16/h6-8H,2-5H2,1H3,(H,13,14)(H,15,16)(H,17,18)(H,19,20). The minimum atomic E-state index is -1.81. The van der Waals surface area contributed by atoms with Gasteiger partial charge in [0.25, 0.3) is 0 Å². The molecule has 4 N–H and O–H groups in total. The van der Waals surface area contributed by atoms with Gasteiger partial charge in [-0.1, -0.05) is 19.8 Å². The third-order valence-corrected chi connectivity index (χ3v) is 3.07. The van der Waals surface area contributed by atoms with Crippen LogP contribution in [0.3, 0.4) is 0 Å². The van der Waals surface area contributed by atoms with Crippen LogP contribution in [-0.2, 0) is 19.2 Å². The average molecular weight is 290 g/mol. The number of hydrogen-bond donors (Lipinski definition) is 4. The van der Waals surface area contributed by atoms with Gasteiger partial charge in [0.1, 0.15) is 0 Å². The largest absolute Gasteiger partial charge is 0.481 e. The zero-order valence-electron chi connectivity index (χ0n) is 11.0. The van der Waals surface area contributed by atoms with Crippen molar-refractivity contribution in [3.05, 3.63) is 0 Å². The molecule has 0 aliphatic heterocycles. The number of rotatable bonds is 10. The number of hydrogen-bond acceptors (Lipinski definition) is 4. The molecule has 0 aromatic carbocycles. The van der Waals surface area contributed by atoms with E-state index in [1.165, 1.54) is 0 Å². The van der Waals surface area contributed by atoms with Crippen molar-refractivity contribution in [3.8, 4) is 0 Å². The Balaban J connectivity index is 5.21. The first-order valence-electron chi connectivity index (χ1n) is 6.13.